The molecule has 1 saturated carbocycles. The van der Waals surface area contributed by atoms with Gasteiger partial charge in [-0.3, -0.25) is 4.90 Å². The standard InChI is InChI=1S/C43H65N3O9/c1-6-23-53-43-37(45(5)41(49)52-29-42(2,3)4)28-35(44-55-38-15-9-12-24-51-38)33-26-30(13-7-10-21-47)32(14-8-11-22-48)39(40(33)43)34-27-31(16-17-36(34)54-43)50-25-20-46-18-19-46/h6,16-17,26-27,30,32,37-40,47-48H,1,7-15,18-25,28-29H2,2-5H3/t30-,32+,37-,38?,39+,40+,43+/m0/s1. The van der Waals surface area contributed by atoms with Crippen molar-refractivity contribution in [2.75, 3.05) is 66.3 Å². The smallest absolute Gasteiger partial charge is 0.410 e. The predicted molar refractivity (Wildman–Crippen MR) is 210 cm³/mol. The number of unbranched alkanes of at least 4 members (excludes halogenated alkanes) is 2. The molecule has 306 valence electrons. The Morgan fingerprint density at radius 2 is 1.91 bits per heavy atom. The van der Waals surface area contributed by atoms with Gasteiger partial charge in [-0.05, 0) is 79.5 Å². The molecule has 6 rings (SSSR count). The summed E-state index contributed by atoms with van der Waals surface area (Å²) < 4.78 is 32.4. The number of aliphatic hydroxyl groups is 2. The van der Waals surface area contributed by atoms with E-state index in [-0.39, 0.29) is 49.6 Å². The number of oxime groups is 1. The Hall–Kier alpha value is -3.16. The van der Waals surface area contributed by atoms with Crippen LogP contribution < -0.4 is 9.47 Å². The molecule has 1 aromatic carbocycles. The molecule has 0 spiro atoms. The van der Waals surface area contributed by atoms with E-state index < -0.39 is 30.1 Å². The summed E-state index contributed by atoms with van der Waals surface area (Å²) in [4.78, 5) is 24.2. The first-order chi connectivity index (χ1) is 26.6. The number of ether oxygens (including phenoxy) is 5. The van der Waals surface area contributed by atoms with Crippen LogP contribution >= 0.6 is 0 Å². The quantitative estimate of drug-likeness (QED) is 0.0683. The van der Waals surface area contributed by atoms with E-state index in [0.717, 1.165) is 87.2 Å². The number of hydrogen-bond donors (Lipinski definition) is 2. The zero-order chi connectivity index (χ0) is 39.0. The maximum absolute atomic E-state index is 14.0. The first-order valence-corrected chi connectivity index (χ1v) is 20.7. The van der Waals surface area contributed by atoms with Crippen molar-refractivity contribution in [1.29, 1.82) is 0 Å². The van der Waals surface area contributed by atoms with Gasteiger partial charge in [-0.2, -0.15) is 0 Å². The van der Waals surface area contributed by atoms with Crippen molar-refractivity contribution in [2.45, 2.75) is 109 Å². The van der Waals surface area contributed by atoms with Gasteiger partial charge in [0.15, 0.2) is 0 Å². The molecular weight excluding hydrogens is 702 g/mol. The van der Waals surface area contributed by atoms with Gasteiger partial charge in [0.2, 0.25) is 12.1 Å². The molecule has 2 aliphatic carbocycles. The average molecular weight is 768 g/mol. The molecule has 1 unspecified atom stereocenters. The van der Waals surface area contributed by atoms with Crippen LogP contribution in [0.25, 0.3) is 0 Å². The second-order valence-corrected chi connectivity index (χ2v) is 17.1. The number of fused-ring (bicyclic) bond motifs is 2. The van der Waals surface area contributed by atoms with E-state index in [1.165, 1.54) is 0 Å². The summed E-state index contributed by atoms with van der Waals surface area (Å²) in [5.74, 6) is -0.110. The molecule has 0 bridgehead atoms. The minimum absolute atomic E-state index is 0.124. The van der Waals surface area contributed by atoms with E-state index in [2.05, 4.69) is 23.6 Å². The number of aliphatic hydroxyl groups excluding tert-OH is 2. The lowest BCUT2D eigenvalue weighted by atomic mass is 9.55. The molecule has 1 amide bonds. The highest BCUT2D eigenvalue weighted by atomic mass is 16.8. The lowest BCUT2D eigenvalue weighted by Crippen LogP contribution is -2.69. The third-order valence-corrected chi connectivity index (χ3v) is 11.7. The van der Waals surface area contributed by atoms with Gasteiger partial charge in [0.1, 0.15) is 24.1 Å². The van der Waals surface area contributed by atoms with E-state index in [1.807, 2.05) is 32.9 Å². The molecule has 55 heavy (non-hydrogen) atoms. The molecule has 0 aromatic heterocycles. The Labute approximate surface area is 327 Å². The Morgan fingerprint density at radius 1 is 1.13 bits per heavy atom. The fraction of sp³-hybridized carbons (Fsp3) is 0.721. The van der Waals surface area contributed by atoms with Crippen LogP contribution in [-0.4, -0.2) is 116 Å². The molecule has 3 heterocycles. The van der Waals surface area contributed by atoms with E-state index >= 15 is 0 Å². The number of allylic oxidation sites excluding steroid dienone is 1. The van der Waals surface area contributed by atoms with Crippen LogP contribution in [0.3, 0.4) is 0 Å². The Morgan fingerprint density at radius 3 is 2.60 bits per heavy atom. The summed E-state index contributed by atoms with van der Waals surface area (Å²) in [6.45, 7) is 15.1. The van der Waals surface area contributed by atoms with Gasteiger partial charge in [0.05, 0.1) is 31.5 Å². The number of nitrogens with zero attached hydrogens (tertiary/aromatic N) is 3. The summed E-state index contributed by atoms with van der Waals surface area (Å²) in [5, 5.41) is 24.6. The molecule has 3 aliphatic heterocycles. The van der Waals surface area contributed by atoms with E-state index in [1.54, 1.807) is 18.0 Å². The highest BCUT2D eigenvalue weighted by Crippen LogP contribution is 2.61. The minimum Gasteiger partial charge on any atom is -0.492 e. The number of amides is 1. The molecule has 2 N–H and O–H groups in total. The van der Waals surface area contributed by atoms with Crippen LogP contribution in [0.1, 0.15) is 96.5 Å². The van der Waals surface area contributed by atoms with Crippen LogP contribution in [0, 0.1) is 23.2 Å². The van der Waals surface area contributed by atoms with Crippen molar-refractivity contribution in [3.63, 3.8) is 0 Å². The molecule has 3 fully saturated rings. The lowest BCUT2D eigenvalue weighted by Gasteiger charge is -2.59. The SMILES string of the molecule is C=CCO[C@@]12Oc3ccc(OCCN4CC4)cc3[C@H]3[C@H](CCCCO)[C@@H](CCCCO)C=C(C(=NOC4CCCCO4)C[C@@H]1N(C)C(=O)OCC(C)(C)C)[C@H]32. The summed E-state index contributed by atoms with van der Waals surface area (Å²) >= 11 is 0. The van der Waals surface area contributed by atoms with Crippen LogP contribution in [0.5, 0.6) is 11.5 Å². The second-order valence-electron chi connectivity index (χ2n) is 17.1. The van der Waals surface area contributed by atoms with E-state index in [9.17, 15) is 15.0 Å². The number of benzene rings is 1. The van der Waals surface area contributed by atoms with Crippen LogP contribution in [0.15, 0.2) is 47.7 Å². The zero-order valence-electron chi connectivity index (χ0n) is 33.6. The molecule has 1 aromatic rings. The van der Waals surface area contributed by atoms with Crippen molar-refractivity contribution in [3.8, 4) is 11.5 Å². The average Bonchev–Trinajstić information content (AvgIpc) is 4.01. The third-order valence-electron chi connectivity index (χ3n) is 11.7. The van der Waals surface area contributed by atoms with Gasteiger partial charge in [0.25, 0.3) is 0 Å². The monoisotopic (exact) mass is 767 g/mol. The third kappa shape index (κ3) is 10.1. The molecular formula is C43H65N3O9. The molecule has 2 saturated heterocycles. The maximum atomic E-state index is 14.0. The fourth-order valence-electron chi connectivity index (χ4n) is 8.83. The second kappa shape index (κ2) is 18.9. The first kappa shape index (κ1) is 41.5. The highest BCUT2D eigenvalue weighted by molar-refractivity contribution is 6.02. The van der Waals surface area contributed by atoms with Gasteiger partial charge in [-0.15, -0.1) is 6.58 Å². The van der Waals surface area contributed by atoms with Crippen molar-refractivity contribution in [3.05, 3.63) is 48.1 Å². The predicted octanol–water partition coefficient (Wildman–Crippen LogP) is 6.66. The summed E-state index contributed by atoms with van der Waals surface area (Å²) in [5.41, 5.74) is 2.53. The van der Waals surface area contributed by atoms with Gasteiger partial charge < -0.3 is 43.6 Å². The Bertz CT molecular complexity index is 1500. The van der Waals surface area contributed by atoms with Gasteiger partial charge in [-0.25, -0.2) is 4.79 Å². The van der Waals surface area contributed by atoms with Crippen LogP contribution in [0.2, 0.25) is 0 Å². The van der Waals surface area contributed by atoms with Crippen molar-refractivity contribution >= 4 is 11.8 Å². The zero-order valence-corrected chi connectivity index (χ0v) is 33.6. The van der Waals surface area contributed by atoms with Gasteiger partial charge >= 0.3 is 6.09 Å². The highest BCUT2D eigenvalue weighted by Gasteiger charge is 2.65. The summed E-state index contributed by atoms with van der Waals surface area (Å²) in [6.07, 6.45) is 11.1. The Balaban J connectivity index is 1.51. The number of likely N-dealkylation sites (N-methyl/N-ethyl adjacent to an activating group) is 1. The van der Waals surface area contributed by atoms with Crippen LogP contribution in [0.4, 0.5) is 4.79 Å². The Kier molecular flexibility index (Phi) is 14.2. The maximum Gasteiger partial charge on any atom is 0.410 e. The normalized spacial score (nSPS) is 29.3. The molecule has 7 atom stereocenters. The number of carbonyl (C=O) groups excluding carboxylic acids is 1. The molecule has 5 aliphatic rings. The first-order valence-electron chi connectivity index (χ1n) is 20.7. The summed E-state index contributed by atoms with van der Waals surface area (Å²) in [6, 6.07) is 5.44. The van der Waals surface area contributed by atoms with Crippen molar-refractivity contribution < 1.29 is 43.5 Å². The molecule has 12 nitrogen and oxygen atoms in total. The summed E-state index contributed by atoms with van der Waals surface area (Å²) in [7, 11) is 1.76. The van der Waals surface area contributed by atoms with Gasteiger partial charge in [-0.1, -0.05) is 50.9 Å². The number of carbonyl (C=O) groups is 1. The van der Waals surface area contributed by atoms with E-state index in [0.29, 0.717) is 38.2 Å². The lowest BCUT2D eigenvalue weighted by molar-refractivity contribution is -0.254. The number of hydrogen-bond acceptors (Lipinski definition) is 11. The van der Waals surface area contributed by atoms with E-state index in [4.69, 9.17) is 33.7 Å². The van der Waals surface area contributed by atoms with Crippen molar-refractivity contribution in [2.24, 2.45) is 28.3 Å². The molecule has 12 heteroatoms. The fourth-order valence-corrected chi connectivity index (χ4v) is 8.83. The van der Waals surface area contributed by atoms with Gasteiger partial charge in [0, 0.05) is 64.2 Å². The van der Waals surface area contributed by atoms with Crippen LogP contribution in [-0.2, 0) is 19.0 Å². The topological polar surface area (TPSA) is 132 Å². The largest absolute Gasteiger partial charge is 0.492 e. The number of rotatable bonds is 19. The minimum atomic E-state index is -1.33. The van der Waals surface area contributed by atoms with Crippen molar-refractivity contribution in [1.82, 2.24) is 9.80 Å². The molecule has 0 radical (unpaired) electrons.